The average molecular weight is 521 g/mol. The molecule has 3 aromatic rings. The fourth-order valence-electron chi connectivity index (χ4n) is 3.81. The van der Waals surface area contributed by atoms with Gasteiger partial charge < -0.3 is 15.0 Å². The predicted molar refractivity (Wildman–Crippen MR) is 147 cm³/mol. The van der Waals surface area contributed by atoms with Crippen LogP contribution in [0.1, 0.15) is 41.8 Å². The Morgan fingerprint density at radius 1 is 1.08 bits per heavy atom. The number of rotatable bonds is 9. The molecule has 0 spiro atoms. The molecule has 0 saturated heterocycles. The molecule has 1 heterocycles. The number of thioether (sulfide) groups is 1. The molecule has 4 rings (SSSR count). The Morgan fingerprint density at radius 2 is 1.86 bits per heavy atom. The quantitative estimate of drug-likeness (QED) is 0.256. The van der Waals surface area contributed by atoms with Crippen LogP contribution in [0.4, 0.5) is 5.69 Å². The third-order valence-corrected chi connectivity index (χ3v) is 6.90. The highest BCUT2D eigenvalue weighted by Gasteiger charge is 2.29. The van der Waals surface area contributed by atoms with Gasteiger partial charge in [-0.15, -0.1) is 0 Å². The van der Waals surface area contributed by atoms with Crippen LogP contribution in [0.2, 0.25) is 5.02 Å². The first-order valence-corrected chi connectivity index (χ1v) is 13.1. The number of para-hydroxylation sites is 1. The van der Waals surface area contributed by atoms with E-state index in [-0.39, 0.29) is 17.9 Å². The summed E-state index contributed by atoms with van der Waals surface area (Å²) in [5.41, 5.74) is 3.28. The molecule has 0 bridgehead atoms. The normalized spacial score (nSPS) is 14.3. The van der Waals surface area contributed by atoms with Crippen LogP contribution in [0.25, 0.3) is 6.08 Å². The number of anilines is 1. The summed E-state index contributed by atoms with van der Waals surface area (Å²) in [7, 11) is 0. The Kier molecular flexibility index (Phi) is 8.86. The predicted octanol–water partition coefficient (Wildman–Crippen LogP) is 6.56. The molecular weight excluding hydrogens is 492 g/mol. The Bertz CT molecular complexity index is 1260. The molecule has 7 heteroatoms. The second-order valence-electron chi connectivity index (χ2n) is 8.75. The Hall–Kier alpha value is -3.06. The van der Waals surface area contributed by atoms with Gasteiger partial charge >= 0.3 is 0 Å². The van der Waals surface area contributed by atoms with Crippen LogP contribution in [0.3, 0.4) is 0 Å². The van der Waals surface area contributed by atoms with E-state index in [1.807, 2.05) is 80.6 Å². The standard InChI is InChI=1S/C29H29ClN2O3S/c1-20(2)35-16-6-15-31-28(33)23-13-11-21(12-14-23)18-27-29(34)32(19-22-7-5-8-24(30)17-22)25-9-3-4-10-26(25)36-27/h3-5,7-14,17-18,20H,6,15-16,19H2,1-2H3,(H,31,33). The molecule has 0 aliphatic carbocycles. The summed E-state index contributed by atoms with van der Waals surface area (Å²) in [6.07, 6.45) is 2.83. The Labute approximate surface area is 221 Å². The molecule has 0 atom stereocenters. The van der Waals surface area contributed by atoms with E-state index in [0.29, 0.717) is 35.2 Å². The van der Waals surface area contributed by atoms with Gasteiger partial charge in [-0.1, -0.05) is 59.8 Å². The summed E-state index contributed by atoms with van der Waals surface area (Å²) >= 11 is 7.63. The van der Waals surface area contributed by atoms with Gasteiger partial charge in [-0.05, 0) is 73.9 Å². The molecule has 1 aliphatic heterocycles. The van der Waals surface area contributed by atoms with Gasteiger partial charge in [-0.3, -0.25) is 9.59 Å². The molecular formula is C29H29ClN2O3S. The average Bonchev–Trinajstić information content (AvgIpc) is 2.86. The monoisotopic (exact) mass is 520 g/mol. The summed E-state index contributed by atoms with van der Waals surface area (Å²) in [5, 5.41) is 3.56. The third kappa shape index (κ3) is 6.78. The van der Waals surface area contributed by atoms with Gasteiger partial charge in [0.1, 0.15) is 0 Å². The highest BCUT2D eigenvalue weighted by atomic mass is 35.5. The van der Waals surface area contributed by atoms with Crippen molar-refractivity contribution in [2.45, 2.75) is 37.8 Å². The van der Waals surface area contributed by atoms with Gasteiger partial charge in [0.05, 0.1) is 23.2 Å². The van der Waals surface area contributed by atoms with Crippen LogP contribution in [-0.4, -0.2) is 31.1 Å². The van der Waals surface area contributed by atoms with Gasteiger partial charge in [0.25, 0.3) is 11.8 Å². The van der Waals surface area contributed by atoms with Crippen molar-refractivity contribution < 1.29 is 14.3 Å². The van der Waals surface area contributed by atoms with Gasteiger partial charge in [-0.25, -0.2) is 0 Å². The van der Waals surface area contributed by atoms with Gasteiger partial charge in [0.15, 0.2) is 0 Å². The molecule has 2 amide bonds. The van der Waals surface area contributed by atoms with Gasteiger partial charge in [0, 0.05) is 28.6 Å². The van der Waals surface area contributed by atoms with Crippen molar-refractivity contribution in [3.8, 4) is 0 Å². The lowest BCUT2D eigenvalue weighted by Gasteiger charge is -2.30. The lowest BCUT2D eigenvalue weighted by Crippen LogP contribution is -2.33. The van der Waals surface area contributed by atoms with E-state index < -0.39 is 0 Å². The molecule has 3 aromatic carbocycles. The van der Waals surface area contributed by atoms with E-state index in [1.165, 1.54) is 11.8 Å². The molecule has 0 aromatic heterocycles. The van der Waals surface area contributed by atoms with E-state index in [9.17, 15) is 9.59 Å². The minimum absolute atomic E-state index is 0.0656. The third-order valence-electron chi connectivity index (χ3n) is 5.59. The van der Waals surface area contributed by atoms with Gasteiger partial charge in [-0.2, -0.15) is 0 Å². The second-order valence-corrected chi connectivity index (χ2v) is 10.3. The van der Waals surface area contributed by atoms with E-state index in [4.69, 9.17) is 16.3 Å². The SMILES string of the molecule is CC(C)OCCCNC(=O)c1ccc(C=C2Sc3ccccc3N(Cc3cccc(Cl)c3)C2=O)cc1. The number of hydrogen-bond acceptors (Lipinski definition) is 4. The molecule has 0 saturated carbocycles. The number of carbonyl (C=O) groups excluding carboxylic acids is 2. The van der Waals surface area contributed by atoms with Gasteiger partial charge in [0.2, 0.25) is 0 Å². The zero-order valence-corrected chi connectivity index (χ0v) is 21.9. The number of nitrogens with one attached hydrogen (secondary N) is 1. The number of hydrogen-bond donors (Lipinski definition) is 1. The van der Waals surface area contributed by atoms with Crippen molar-refractivity contribution in [3.63, 3.8) is 0 Å². The molecule has 5 nitrogen and oxygen atoms in total. The van der Waals surface area contributed by atoms with Crippen LogP contribution >= 0.6 is 23.4 Å². The topological polar surface area (TPSA) is 58.6 Å². The van der Waals surface area contributed by atoms with Crippen LogP contribution < -0.4 is 10.2 Å². The molecule has 186 valence electrons. The van der Waals surface area contributed by atoms with E-state index in [1.54, 1.807) is 17.0 Å². The maximum Gasteiger partial charge on any atom is 0.265 e. The molecule has 0 radical (unpaired) electrons. The zero-order valence-electron chi connectivity index (χ0n) is 20.4. The lowest BCUT2D eigenvalue weighted by atomic mass is 10.1. The summed E-state index contributed by atoms with van der Waals surface area (Å²) < 4.78 is 5.50. The largest absolute Gasteiger partial charge is 0.379 e. The highest BCUT2D eigenvalue weighted by molar-refractivity contribution is 8.04. The van der Waals surface area contributed by atoms with Crippen LogP contribution in [0.5, 0.6) is 0 Å². The summed E-state index contributed by atoms with van der Waals surface area (Å²) in [6.45, 7) is 5.59. The highest BCUT2D eigenvalue weighted by Crippen LogP contribution is 2.42. The number of ether oxygens (including phenoxy) is 1. The number of benzene rings is 3. The number of fused-ring (bicyclic) bond motifs is 1. The lowest BCUT2D eigenvalue weighted by molar-refractivity contribution is -0.114. The van der Waals surface area contributed by atoms with E-state index >= 15 is 0 Å². The number of halogens is 1. The molecule has 0 unspecified atom stereocenters. The van der Waals surface area contributed by atoms with Crippen molar-refractivity contribution in [3.05, 3.63) is 99.4 Å². The van der Waals surface area contributed by atoms with Crippen molar-refractivity contribution in [2.24, 2.45) is 0 Å². The van der Waals surface area contributed by atoms with Crippen molar-refractivity contribution in [2.75, 3.05) is 18.1 Å². The summed E-state index contributed by atoms with van der Waals surface area (Å²) in [5.74, 6) is -0.187. The minimum Gasteiger partial charge on any atom is -0.379 e. The number of carbonyl (C=O) groups is 2. The fourth-order valence-corrected chi connectivity index (χ4v) is 5.09. The first-order chi connectivity index (χ1) is 17.4. The second kappa shape index (κ2) is 12.3. The fraction of sp³-hybridized carbons (Fsp3) is 0.241. The van der Waals surface area contributed by atoms with E-state index in [2.05, 4.69) is 5.32 Å². The first-order valence-electron chi connectivity index (χ1n) is 12.0. The Morgan fingerprint density at radius 3 is 2.61 bits per heavy atom. The number of nitrogens with zero attached hydrogens (tertiary/aromatic N) is 1. The first kappa shape index (κ1) is 26.0. The molecule has 0 fully saturated rings. The minimum atomic E-state index is -0.122. The maximum atomic E-state index is 13.5. The molecule has 36 heavy (non-hydrogen) atoms. The zero-order chi connectivity index (χ0) is 25.5. The number of amides is 2. The molecule has 1 N–H and O–H groups in total. The Balaban J connectivity index is 1.47. The van der Waals surface area contributed by atoms with Crippen molar-refractivity contribution in [1.29, 1.82) is 0 Å². The van der Waals surface area contributed by atoms with Crippen LogP contribution in [-0.2, 0) is 16.1 Å². The van der Waals surface area contributed by atoms with Crippen LogP contribution in [0.15, 0.2) is 82.6 Å². The smallest absolute Gasteiger partial charge is 0.265 e. The molecule has 1 aliphatic rings. The van der Waals surface area contributed by atoms with Crippen molar-refractivity contribution in [1.82, 2.24) is 5.32 Å². The summed E-state index contributed by atoms with van der Waals surface area (Å²) in [6, 6.07) is 22.7. The van der Waals surface area contributed by atoms with E-state index in [0.717, 1.165) is 28.1 Å². The van der Waals surface area contributed by atoms with Crippen molar-refractivity contribution >= 4 is 46.9 Å². The van der Waals surface area contributed by atoms with Crippen LogP contribution in [0, 0.1) is 0 Å². The maximum absolute atomic E-state index is 13.5. The summed E-state index contributed by atoms with van der Waals surface area (Å²) in [4.78, 5) is 29.4.